The molecule has 13 heavy (non-hydrogen) atoms. The summed E-state index contributed by atoms with van der Waals surface area (Å²) in [4.78, 5) is 11.4. The van der Waals surface area contributed by atoms with Gasteiger partial charge in [0, 0.05) is 12.8 Å². The van der Waals surface area contributed by atoms with Gasteiger partial charge in [-0.25, -0.2) is 0 Å². The molecule has 2 fully saturated rings. The van der Waals surface area contributed by atoms with Crippen molar-refractivity contribution in [2.24, 2.45) is 0 Å². The molecule has 2 heteroatoms. The third kappa shape index (κ3) is 2.11. The van der Waals surface area contributed by atoms with E-state index < -0.39 is 0 Å². The van der Waals surface area contributed by atoms with Crippen LogP contribution in [0.4, 0.5) is 0 Å². The Morgan fingerprint density at radius 2 is 1.77 bits per heavy atom. The Morgan fingerprint density at radius 3 is 2.38 bits per heavy atom. The van der Waals surface area contributed by atoms with Crippen LogP contribution in [0.3, 0.4) is 0 Å². The fourth-order valence-electron chi connectivity index (χ4n) is 2.57. The standard InChI is InChI=1S/C11H18O2/c12-10-5-8-13-11(9-10)6-3-1-2-4-7-11/h1-9H2. The molecule has 0 N–H and O–H groups in total. The molecule has 1 heterocycles. The number of Topliss-reactive ketones (excluding diaryl/α,β-unsaturated/α-hetero) is 1. The molecule has 1 spiro atoms. The second-order valence-electron chi connectivity index (χ2n) is 4.41. The molecular weight excluding hydrogens is 164 g/mol. The summed E-state index contributed by atoms with van der Waals surface area (Å²) in [6.07, 6.45) is 8.67. The van der Waals surface area contributed by atoms with Crippen molar-refractivity contribution in [3.8, 4) is 0 Å². The van der Waals surface area contributed by atoms with Crippen molar-refractivity contribution in [1.29, 1.82) is 0 Å². The van der Waals surface area contributed by atoms with Crippen LogP contribution < -0.4 is 0 Å². The second kappa shape index (κ2) is 3.79. The minimum Gasteiger partial charge on any atom is -0.374 e. The predicted octanol–water partition coefficient (Wildman–Crippen LogP) is 2.46. The molecule has 2 nitrogen and oxygen atoms in total. The molecule has 0 aromatic rings. The van der Waals surface area contributed by atoms with Gasteiger partial charge in [0.25, 0.3) is 0 Å². The summed E-state index contributed by atoms with van der Waals surface area (Å²) < 4.78 is 5.84. The molecule has 0 aromatic carbocycles. The molecule has 2 aliphatic rings. The zero-order chi connectivity index (χ0) is 9.15. The van der Waals surface area contributed by atoms with E-state index in [0.29, 0.717) is 25.2 Å². The monoisotopic (exact) mass is 182 g/mol. The van der Waals surface area contributed by atoms with Crippen LogP contribution in [-0.4, -0.2) is 18.0 Å². The van der Waals surface area contributed by atoms with Crippen LogP contribution in [0.1, 0.15) is 51.4 Å². The van der Waals surface area contributed by atoms with Crippen LogP contribution in [0, 0.1) is 0 Å². The average Bonchev–Trinajstić information content (AvgIpc) is 2.31. The van der Waals surface area contributed by atoms with E-state index in [1.165, 1.54) is 25.7 Å². The Kier molecular flexibility index (Phi) is 2.68. The van der Waals surface area contributed by atoms with Crippen LogP contribution in [0.5, 0.6) is 0 Å². The van der Waals surface area contributed by atoms with Gasteiger partial charge in [0.05, 0.1) is 12.2 Å². The van der Waals surface area contributed by atoms with Gasteiger partial charge in [-0.3, -0.25) is 4.79 Å². The Hall–Kier alpha value is -0.370. The van der Waals surface area contributed by atoms with Gasteiger partial charge in [-0.05, 0) is 12.8 Å². The van der Waals surface area contributed by atoms with Crippen molar-refractivity contribution in [3.05, 3.63) is 0 Å². The molecule has 1 aliphatic carbocycles. The molecule has 0 amide bonds. The molecule has 0 atom stereocenters. The summed E-state index contributed by atoms with van der Waals surface area (Å²) >= 11 is 0. The molecule has 74 valence electrons. The number of hydrogen-bond acceptors (Lipinski definition) is 2. The van der Waals surface area contributed by atoms with Crippen LogP contribution >= 0.6 is 0 Å². The van der Waals surface area contributed by atoms with E-state index in [1.54, 1.807) is 0 Å². The average molecular weight is 182 g/mol. The maximum atomic E-state index is 11.4. The molecule has 1 aliphatic heterocycles. The van der Waals surface area contributed by atoms with E-state index in [4.69, 9.17) is 4.74 Å². The lowest BCUT2D eigenvalue weighted by atomic mass is 9.86. The minimum atomic E-state index is -0.0359. The molecule has 0 bridgehead atoms. The molecule has 1 saturated carbocycles. The highest BCUT2D eigenvalue weighted by Gasteiger charge is 2.36. The second-order valence-corrected chi connectivity index (χ2v) is 4.41. The number of carbonyl (C=O) groups is 1. The topological polar surface area (TPSA) is 26.3 Å². The van der Waals surface area contributed by atoms with Gasteiger partial charge < -0.3 is 4.74 Å². The first-order valence-electron chi connectivity index (χ1n) is 5.46. The molecule has 0 aromatic heterocycles. The fraction of sp³-hybridized carbons (Fsp3) is 0.909. The van der Waals surface area contributed by atoms with E-state index in [-0.39, 0.29) is 5.60 Å². The largest absolute Gasteiger partial charge is 0.374 e. The van der Waals surface area contributed by atoms with Gasteiger partial charge in [0.2, 0.25) is 0 Å². The fourth-order valence-corrected chi connectivity index (χ4v) is 2.57. The molecule has 2 rings (SSSR count). The smallest absolute Gasteiger partial charge is 0.138 e. The van der Waals surface area contributed by atoms with Gasteiger partial charge in [-0.1, -0.05) is 25.7 Å². The number of ketones is 1. The van der Waals surface area contributed by atoms with Gasteiger partial charge in [-0.2, -0.15) is 0 Å². The van der Waals surface area contributed by atoms with E-state index in [2.05, 4.69) is 0 Å². The van der Waals surface area contributed by atoms with Crippen molar-refractivity contribution in [2.45, 2.75) is 57.0 Å². The number of ether oxygens (including phenoxy) is 1. The highest BCUT2D eigenvalue weighted by molar-refractivity contribution is 5.80. The van der Waals surface area contributed by atoms with E-state index in [1.807, 2.05) is 0 Å². The predicted molar refractivity (Wildman–Crippen MR) is 50.6 cm³/mol. The third-order valence-electron chi connectivity index (χ3n) is 3.32. The molecule has 0 unspecified atom stereocenters. The Morgan fingerprint density at radius 1 is 1.08 bits per heavy atom. The summed E-state index contributed by atoms with van der Waals surface area (Å²) in [6, 6.07) is 0. The van der Waals surface area contributed by atoms with Crippen LogP contribution in [0.2, 0.25) is 0 Å². The van der Waals surface area contributed by atoms with E-state index >= 15 is 0 Å². The van der Waals surface area contributed by atoms with Gasteiger partial charge >= 0.3 is 0 Å². The van der Waals surface area contributed by atoms with Crippen molar-refractivity contribution < 1.29 is 9.53 Å². The molecule has 1 saturated heterocycles. The summed E-state index contributed by atoms with van der Waals surface area (Å²) in [7, 11) is 0. The maximum Gasteiger partial charge on any atom is 0.138 e. The lowest BCUT2D eigenvalue weighted by Gasteiger charge is -2.35. The lowest BCUT2D eigenvalue weighted by molar-refractivity contribution is -0.141. The zero-order valence-electron chi connectivity index (χ0n) is 8.18. The summed E-state index contributed by atoms with van der Waals surface area (Å²) in [5, 5.41) is 0. The first-order valence-corrected chi connectivity index (χ1v) is 5.46. The Bertz CT molecular complexity index is 190. The van der Waals surface area contributed by atoms with Crippen LogP contribution in [-0.2, 0) is 9.53 Å². The highest BCUT2D eigenvalue weighted by atomic mass is 16.5. The normalized spacial score (nSPS) is 28.8. The zero-order valence-corrected chi connectivity index (χ0v) is 8.18. The Balaban J connectivity index is 2.02. The van der Waals surface area contributed by atoms with Crippen LogP contribution in [0.25, 0.3) is 0 Å². The Labute approximate surface area is 79.7 Å². The third-order valence-corrected chi connectivity index (χ3v) is 3.32. The first-order chi connectivity index (χ1) is 6.31. The van der Waals surface area contributed by atoms with Crippen molar-refractivity contribution in [1.82, 2.24) is 0 Å². The summed E-state index contributed by atoms with van der Waals surface area (Å²) in [6.45, 7) is 0.666. The lowest BCUT2D eigenvalue weighted by Crippen LogP contribution is -2.39. The van der Waals surface area contributed by atoms with E-state index in [9.17, 15) is 4.79 Å². The maximum absolute atomic E-state index is 11.4. The van der Waals surface area contributed by atoms with Gasteiger partial charge in [-0.15, -0.1) is 0 Å². The summed E-state index contributed by atoms with van der Waals surface area (Å²) in [5.74, 6) is 0.410. The van der Waals surface area contributed by atoms with Gasteiger partial charge in [0.15, 0.2) is 0 Å². The van der Waals surface area contributed by atoms with Gasteiger partial charge in [0.1, 0.15) is 5.78 Å². The number of carbonyl (C=O) groups excluding carboxylic acids is 1. The number of rotatable bonds is 0. The quantitative estimate of drug-likeness (QED) is 0.575. The first kappa shape index (κ1) is 9.20. The van der Waals surface area contributed by atoms with Crippen molar-refractivity contribution >= 4 is 5.78 Å². The summed E-state index contributed by atoms with van der Waals surface area (Å²) in [5.41, 5.74) is -0.0359. The highest BCUT2D eigenvalue weighted by Crippen LogP contribution is 2.36. The SMILES string of the molecule is O=C1CCOC2(CCCCCC2)C1. The van der Waals surface area contributed by atoms with Crippen molar-refractivity contribution in [2.75, 3.05) is 6.61 Å². The number of hydrogen-bond donors (Lipinski definition) is 0. The van der Waals surface area contributed by atoms with Crippen molar-refractivity contribution in [3.63, 3.8) is 0 Å². The van der Waals surface area contributed by atoms with E-state index in [0.717, 1.165) is 12.8 Å². The van der Waals surface area contributed by atoms with Crippen LogP contribution in [0.15, 0.2) is 0 Å². The molecular formula is C11H18O2. The minimum absolute atomic E-state index is 0.0359. The molecule has 0 radical (unpaired) electrons.